The fraction of sp³-hybridized carbons (Fsp3) is 0.562. The molecule has 0 aliphatic carbocycles. The van der Waals surface area contributed by atoms with Gasteiger partial charge in [0.05, 0.1) is 0 Å². The molecule has 0 saturated heterocycles. The zero-order chi connectivity index (χ0) is 16.0. The van der Waals surface area contributed by atoms with Gasteiger partial charge in [0.2, 0.25) is 0 Å². The molecule has 5 heteroatoms. The molecule has 0 spiro atoms. The molecule has 0 fully saturated rings. The van der Waals surface area contributed by atoms with E-state index in [4.69, 9.17) is 5.11 Å². The SMILES string of the molecule is CCc1cc(CC)c(C(F)(F)COCC(=O)O)c(CC)c1. The highest BCUT2D eigenvalue weighted by Gasteiger charge is 2.36. The first-order valence-electron chi connectivity index (χ1n) is 7.18. The Bertz CT molecular complexity index is 473. The Hall–Kier alpha value is -1.49. The highest BCUT2D eigenvalue weighted by atomic mass is 19.3. The minimum Gasteiger partial charge on any atom is -0.480 e. The lowest BCUT2D eigenvalue weighted by Crippen LogP contribution is -2.26. The van der Waals surface area contributed by atoms with Gasteiger partial charge in [0, 0.05) is 5.56 Å². The number of ether oxygens (including phenoxy) is 1. The Balaban J connectivity index is 3.16. The molecule has 0 saturated carbocycles. The topological polar surface area (TPSA) is 46.5 Å². The first-order valence-corrected chi connectivity index (χ1v) is 7.18. The number of rotatable bonds is 8. The smallest absolute Gasteiger partial charge is 0.329 e. The number of hydrogen-bond donors (Lipinski definition) is 1. The van der Waals surface area contributed by atoms with Crippen LogP contribution in [0.5, 0.6) is 0 Å². The van der Waals surface area contributed by atoms with Crippen LogP contribution in [0.1, 0.15) is 43.0 Å². The van der Waals surface area contributed by atoms with Gasteiger partial charge in [0.1, 0.15) is 13.2 Å². The van der Waals surface area contributed by atoms with Gasteiger partial charge in [-0.1, -0.05) is 32.9 Å². The van der Waals surface area contributed by atoms with Crippen LogP contribution >= 0.6 is 0 Å². The predicted octanol–water partition coefficient (Wildman–Crippen LogP) is 3.57. The van der Waals surface area contributed by atoms with Crippen molar-refractivity contribution >= 4 is 5.97 Å². The summed E-state index contributed by atoms with van der Waals surface area (Å²) < 4.78 is 33.5. The van der Waals surface area contributed by atoms with E-state index in [0.717, 1.165) is 12.0 Å². The maximum absolute atomic E-state index is 14.4. The molecule has 0 unspecified atom stereocenters. The van der Waals surface area contributed by atoms with E-state index < -0.39 is 25.1 Å². The van der Waals surface area contributed by atoms with Crippen molar-refractivity contribution in [2.75, 3.05) is 13.2 Å². The average molecular weight is 300 g/mol. The van der Waals surface area contributed by atoms with E-state index in [1.54, 1.807) is 12.1 Å². The molecule has 0 amide bonds. The second kappa shape index (κ2) is 7.50. The minimum absolute atomic E-state index is 0.00455. The molecule has 1 aromatic carbocycles. The summed E-state index contributed by atoms with van der Waals surface area (Å²) in [6.07, 6.45) is 1.80. The van der Waals surface area contributed by atoms with Crippen molar-refractivity contribution in [2.24, 2.45) is 0 Å². The average Bonchev–Trinajstić information content (AvgIpc) is 2.44. The number of aliphatic carboxylic acids is 1. The van der Waals surface area contributed by atoms with Crippen molar-refractivity contribution in [1.82, 2.24) is 0 Å². The molecule has 118 valence electrons. The van der Waals surface area contributed by atoms with Crippen LogP contribution in [0.2, 0.25) is 0 Å². The molecule has 1 N–H and O–H groups in total. The second-order valence-electron chi connectivity index (χ2n) is 4.94. The summed E-state index contributed by atoms with van der Waals surface area (Å²) in [5, 5.41) is 8.48. The summed E-state index contributed by atoms with van der Waals surface area (Å²) in [5.74, 6) is -4.43. The van der Waals surface area contributed by atoms with Crippen molar-refractivity contribution in [3.8, 4) is 0 Å². The number of hydrogen-bond acceptors (Lipinski definition) is 2. The van der Waals surface area contributed by atoms with Gasteiger partial charge < -0.3 is 9.84 Å². The number of carbonyl (C=O) groups is 1. The number of alkyl halides is 2. The van der Waals surface area contributed by atoms with Crippen LogP contribution in [0, 0.1) is 0 Å². The number of aryl methyl sites for hydroxylation is 3. The highest BCUT2D eigenvalue weighted by Crippen LogP contribution is 2.35. The number of halogens is 2. The largest absolute Gasteiger partial charge is 0.480 e. The zero-order valence-electron chi connectivity index (χ0n) is 12.7. The quantitative estimate of drug-likeness (QED) is 0.798. The Morgan fingerprint density at radius 3 is 2.05 bits per heavy atom. The third-order valence-electron chi connectivity index (χ3n) is 3.41. The molecule has 0 bridgehead atoms. The normalized spacial score (nSPS) is 11.7. The maximum Gasteiger partial charge on any atom is 0.329 e. The van der Waals surface area contributed by atoms with Crippen LogP contribution < -0.4 is 0 Å². The lowest BCUT2D eigenvalue weighted by Gasteiger charge is -2.23. The second-order valence-corrected chi connectivity index (χ2v) is 4.94. The number of carboxylic acids is 1. The molecule has 0 aliphatic heterocycles. The van der Waals surface area contributed by atoms with E-state index in [-0.39, 0.29) is 5.56 Å². The minimum atomic E-state index is -3.18. The molecule has 1 aromatic rings. The van der Waals surface area contributed by atoms with Gasteiger partial charge in [-0.25, -0.2) is 4.79 Å². The fourth-order valence-corrected chi connectivity index (χ4v) is 2.41. The summed E-state index contributed by atoms with van der Waals surface area (Å²) in [4.78, 5) is 10.4. The van der Waals surface area contributed by atoms with Crippen molar-refractivity contribution in [3.63, 3.8) is 0 Å². The van der Waals surface area contributed by atoms with E-state index in [0.29, 0.717) is 24.0 Å². The van der Waals surface area contributed by atoms with Gasteiger partial charge in [-0.3, -0.25) is 0 Å². The summed E-state index contributed by atoms with van der Waals surface area (Å²) >= 11 is 0. The molecule has 0 aromatic heterocycles. The molecule has 21 heavy (non-hydrogen) atoms. The highest BCUT2D eigenvalue weighted by molar-refractivity contribution is 5.68. The molecule has 0 heterocycles. The van der Waals surface area contributed by atoms with E-state index >= 15 is 0 Å². The third-order valence-corrected chi connectivity index (χ3v) is 3.41. The van der Waals surface area contributed by atoms with Crippen molar-refractivity contribution in [2.45, 2.75) is 46.0 Å². The van der Waals surface area contributed by atoms with E-state index in [1.165, 1.54) is 0 Å². The lowest BCUT2D eigenvalue weighted by molar-refractivity contribution is -0.147. The summed E-state index contributed by atoms with van der Waals surface area (Å²) in [7, 11) is 0. The maximum atomic E-state index is 14.4. The fourth-order valence-electron chi connectivity index (χ4n) is 2.41. The summed E-state index contributed by atoms with van der Waals surface area (Å²) in [6.45, 7) is 4.04. The Morgan fingerprint density at radius 1 is 1.14 bits per heavy atom. The van der Waals surface area contributed by atoms with Crippen LogP contribution in [-0.4, -0.2) is 24.3 Å². The van der Waals surface area contributed by atoms with Crippen LogP contribution in [0.4, 0.5) is 8.78 Å². The molecule has 0 atom stereocenters. The van der Waals surface area contributed by atoms with Crippen molar-refractivity contribution in [3.05, 3.63) is 34.4 Å². The number of carboxylic acid groups (broad SMARTS) is 1. The molecule has 3 nitrogen and oxygen atoms in total. The summed E-state index contributed by atoms with van der Waals surface area (Å²) in [6, 6.07) is 3.61. The lowest BCUT2D eigenvalue weighted by atomic mass is 9.90. The van der Waals surface area contributed by atoms with Crippen molar-refractivity contribution in [1.29, 1.82) is 0 Å². The Morgan fingerprint density at radius 2 is 1.67 bits per heavy atom. The summed E-state index contributed by atoms with van der Waals surface area (Å²) in [5.41, 5.74) is 2.25. The molecule has 1 rings (SSSR count). The van der Waals surface area contributed by atoms with Gasteiger partial charge in [-0.2, -0.15) is 8.78 Å². The Kier molecular flexibility index (Phi) is 6.27. The van der Waals surface area contributed by atoms with Gasteiger partial charge in [0.25, 0.3) is 5.92 Å². The molecule has 0 radical (unpaired) electrons. The van der Waals surface area contributed by atoms with Crippen LogP contribution in [0.3, 0.4) is 0 Å². The van der Waals surface area contributed by atoms with Crippen LogP contribution in [0.15, 0.2) is 12.1 Å². The first-order chi connectivity index (χ1) is 9.85. The molecular weight excluding hydrogens is 278 g/mol. The standard InChI is InChI=1S/C16H22F2O3/c1-4-11-7-12(5-2)15(13(6-3)8-11)16(17,18)10-21-9-14(19)20/h7-8H,4-6,9-10H2,1-3H3,(H,19,20). The predicted molar refractivity (Wildman–Crippen MR) is 76.9 cm³/mol. The van der Waals surface area contributed by atoms with Crippen LogP contribution in [-0.2, 0) is 34.7 Å². The van der Waals surface area contributed by atoms with Gasteiger partial charge in [-0.15, -0.1) is 0 Å². The number of benzene rings is 1. The third kappa shape index (κ3) is 4.49. The first kappa shape index (κ1) is 17.6. The van der Waals surface area contributed by atoms with Gasteiger partial charge in [-0.05, 0) is 36.0 Å². The zero-order valence-corrected chi connectivity index (χ0v) is 12.7. The molecular formula is C16H22F2O3. The van der Waals surface area contributed by atoms with E-state index in [1.807, 2.05) is 20.8 Å². The van der Waals surface area contributed by atoms with Crippen LogP contribution in [0.25, 0.3) is 0 Å². The Labute approximate surface area is 123 Å². The van der Waals surface area contributed by atoms with Gasteiger partial charge in [0.15, 0.2) is 0 Å². The molecule has 0 aliphatic rings. The monoisotopic (exact) mass is 300 g/mol. The van der Waals surface area contributed by atoms with Crippen molar-refractivity contribution < 1.29 is 23.4 Å². The van der Waals surface area contributed by atoms with Gasteiger partial charge >= 0.3 is 5.97 Å². The van der Waals surface area contributed by atoms with E-state index in [9.17, 15) is 13.6 Å². The van der Waals surface area contributed by atoms with E-state index in [2.05, 4.69) is 4.74 Å².